The van der Waals surface area contributed by atoms with E-state index in [0.717, 1.165) is 36.9 Å². The highest BCUT2D eigenvalue weighted by molar-refractivity contribution is 5.63. The SMILES string of the molecule is Cc1cccc(-c2cc(N)n(C3CCCCCC3O)n2)c1. The Bertz CT molecular complexity index is 620. The van der Waals surface area contributed by atoms with Gasteiger partial charge in [-0.25, -0.2) is 4.68 Å². The van der Waals surface area contributed by atoms with Crippen molar-refractivity contribution in [3.63, 3.8) is 0 Å². The zero-order valence-corrected chi connectivity index (χ0v) is 12.5. The number of hydrogen-bond donors (Lipinski definition) is 2. The van der Waals surface area contributed by atoms with Crippen LogP contribution in [0.5, 0.6) is 0 Å². The molecule has 0 aliphatic heterocycles. The number of benzene rings is 1. The fraction of sp³-hybridized carbons (Fsp3) is 0.471. The third-order valence-corrected chi connectivity index (χ3v) is 4.34. The van der Waals surface area contributed by atoms with Gasteiger partial charge in [0.2, 0.25) is 0 Å². The molecule has 1 saturated carbocycles. The maximum absolute atomic E-state index is 10.3. The summed E-state index contributed by atoms with van der Waals surface area (Å²) in [5.74, 6) is 0.637. The second kappa shape index (κ2) is 5.90. The van der Waals surface area contributed by atoms with E-state index in [1.807, 2.05) is 22.9 Å². The van der Waals surface area contributed by atoms with Gasteiger partial charge >= 0.3 is 0 Å². The van der Waals surface area contributed by atoms with Crippen LogP contribution in [0.15, 0.2) is 30.3 Å². The third kappa shape index (κ3) is 2.95. The Kier molecular flexibility index (Phi) is 3.97. The standard InChI is InChI=1S/C17H23N3O/c1-12-6-5-7-13(10-12)14-11-17(18)20(19-14)15-8-3-2-4-9-16(15)21/h5-7,10-11,15-16,21H,2-4,8-9,18H2,1H3. The first-order chi connectivity index (χ1) is 10.1. The molecule has 0 bridgehead atoms. The molecule has 0 spiro atoms. The highest BCUT2D eigenvalue weighted by Crippen LogP contribution is 2.31. The molecule has 1 aliphatic rings. The van der Waals surface area contributed by atoms with Gasteiger partial charge in [-0.3, -0.25) is 0 Å². The molecule has 3 N–H and O–H groups in total. The number of nitrogens with two attached hydrogens (primary N) is 1. The maximum Gasteiger partial charge on any atom is 0.122 e. The Morgan fingerprint density at radius 2 is 2.00 bits per heavy atom. The summed E-state index contributed by atoms with van der Waals surface area (Å²) in [6.07, 6.45) is 4.83. The topological polar surface area (TPSA) is 64.1 Å². The van der Waals surface area contributed by atoms with Crippen LogP contribution in [0.4, 0.5) is 5.82 Å². The number of aliphatic hydroxyl groups excluding tert-OH is 1. The Morgan fingerprint density at radius 3 is 2.81 bits per heavy atom. The number of hydrogen-bond acceptors (Lipinski definition) is 3. The summed E-state index contributed by atoms with van der Waals surface area (Å²) in [4.78, 5) is 0. The van der Waals surface area contributed by atoms with E-state index in [0.29, 0.717) is 5.82 Å². The molecular formula is C17H23N3O. The monoisotopic (exact) mass is 285 g/mol. The van der Waals surface area contributed by atoms with Crippen molar-refractivity contribution in [2.24, 2.45) is 0 Å². The molecule has 1 heterocycles. The van der Waals surface area contributed by atoms with Gasteiger partial charge in [0, 0.05) is 11.6 Å². The first kappa shape index (κ1) is 14.1. The predicted molar refractivity (Wildman–Crippen MR) is 84.9 cm³/mol. The second-order valence-corrected chi connectivity index (χ2v) is 6.04. The van der Waals surface area contributed by atoms with Crippen LogP contribution in [-0.4, -0.2) is 21.0 Å². The molecule has 1 aromatic heterocycles. The van der Waals surface area contributed by atoms with Crippen LogP contribution < -0.4 is 5.73 Å². The minimum Gasteiger partial charge on any atom is -0.391 e. The van der Waals surface area contributed by atoms with Gasteiger partial charge in [0.05, 0.1) is 17.8 Å². The normalized spacial score (nSPS) is 23.0. The Labute approximate surface area is 125 Å². The van der Waals surface area contributed by atoms with Crippen molar-refractivity contribution in [1.82, 2.24) is 9.78 Å². The van der Waals surface area contributed by atoms with Gasteiger partial charge in [-0.2, -0.15) is 5.10 Å². The average Bonchev–Trinajstić information content (AvgIpc) is 2.71. The Hall–Kier alpha value is -1.81. The van der Waals surface area contributed by atoms with Gasteiger partial charge in [0.1, 0.15) is 5.82 Å². The fourth-order valence-corrected chi connectivity index (χ4v) is 3.17. The highest BCUT2D eigenvalue weighted by atomic mass is 16.3. The summed E-state index contributed by atoms with van der Waals surface area (Å²) < 4.78 is 1.83. The lowest BCUT2D eigenvalue weighted by atomic mass is 10.1. The number of aliphatic hydroxyl groups is 1. The zero-order valence-electron chi connectivity index (χ0n) is 12.5. The van der Waals surface area contributed by atoms with Gasteiger partial charge in [-0.15, -0.1) is 0 Å². The van der Waals surface area contributed by atoms with Crippen LogP contribution in [0.2, 0.25) is 0 Å². The summed E-state index contributed by atoms with van der Waals surface area (Å²) >= 11 is 0. The van der Waals surface area contributed by atoms with E-state index >= 15 is 0 Å². The van der Waals surface area contributed by atoms with Crippen LogP contribution in [0, 0.1) is 6.92 Å². The number of aromatic nitrogens is 2. The van der Waals surface area contributed by atoms with Crippen molar-refractivity contribution in [1.29, 1.82) is 0 Å². The molecular weight excluding hydrogens is 262 g/mol. The van der Waals surface area contributed by atoms with E-state index in [4.69, 9.17) is 5.73 Å². The van der Waals surface area contributed by atoms with Crippen LogP contribution in [-0.2, 0) is 0 Å². The smallest absolute Gasteiger partial charge is 0.122 e. The molecule has 0 amide bonds. The van der Waals surface area contributed by atoms with Gasteiger partial charge < -0.3 is 10.8 Å². The van der Waals surface area contributed by atoms with Gasteiger partial charge in [0.25, 0.3) is 0 Å². The molecule has 4 heteroatoms. The largest absolute Gasteiger partial charge is 0.391 e. The zero-order chi connectivity index (χ0) is 14.8. The molecule has 21 heavy (non-hydrogen) atoms. The van der Waals surface area contributed by atoms with E-state index < -0.39 is 0 Å². The molecule has 0 radical (unpaired) electrons. The number of rotatable bonds is 2. The van der Waals surface area contributed by atoms with Gasteiger partial charge in [-0.05, 0) is 25.8 Å². The van der Waals surface area contributed by atoms with Crippen molar-refractivity contribution in [3.8, 4) is 11.3 Å². The molecule has 3 rings (SSSR count). The lowest BCUT2D eigenvalue weighted by molar-refractivity contribution is 0.100. The van der Waals surface area contributed by atoms with E-state index in [1.54, 1.807) is 0 Å². The lowest BCUT2D eigenvalue weighted by Crippen LogP contribution is -2.25. The molecule has 2 aromatic rings. The minimum atomic E-state index is -0.347. The van der Waals surface area contributed by atoms with Crippen molar-refractivity contribution >= 4 is 5.82 Å². The molecule has 1 aliphatic carbocycles. The highest BCUT2D eigenvalue weighted by Gasteiger charge is 2.25. The Morgan fingerprint density at radius 1 is 1.19 bits per heavy atom. The Balaban J connectivity index is 1.93. The van der Waals surface area contributed by atoms with Crippen LogP contribution in [0.25, 0.3) is 11.3 Å². The van der Waals surface area contributed by atoms with Gasteiger partial charge in [-0.1, -0.05) is 43.0 Å². The van der Waals surface area contributed by atoms with Gasteiger partial charge in [0.15, 0.2) is 0 Å². The van der Waals surface area contributed by atoms with E-state index in [1.165, 1.54) is 12.0 Å². The first-order valence-electron chi connectivity index (χ1n) is 7.75. The van der Waals surface area contributed by atoms with E-state index in [-0.39, 0.29) is 12.1 Å². The summed E-state index contributed by atoms with van der Waals surface area (Å²) in [7, 11) is 0. The summed E-state index contributed by atoms with van der Waals surface area (Å²) in [5, 5.41) is 15.0. The van der Waals surface area contributed by atoms with Crippen LogP contribution in [0.1, 0.15) is 43.7 Å². The summed E-state index contributed by atoms with van der Waals surface area (Å²) in [5.41, 5.74) is 9.31. The molecule has 112 valence electrons. The fourth-order valence-electron chi connectivity index (χ4n) is 3.17. The van der Waals surface area contributed by atoms with Crippen molar-refractivity contribution in [3.05, 3.63) is 35.9 Å². The van der Waals surface area contributed by atoms with Crippen molar-refractivity contribution in [2.75, 3.05) is 5.73 Å². The van der Waals surface area contributed by atoms with Crippen LogP contribution >= 0.6 is 0 Å². The second-order valence-electron chi connectivity index (χ2n) is 6.04. The number of aryl methyl sites for hydroxylation is 1. The molecule has 4 nitrogen and oxygen atoms in total. The number of nitrogen functional groups attached to an aromatic ring is 1. The van der Waals surface area contributed by atoms with E-state index in [9.17, 15) is 5.11 Å². The predicted octanol–water partition coefficient (Wildman–Crippen LogP) is 3.31. The maximum atomic E-state index is 10.3. The first-order valence-corrected chi connectivity index (χ1v) is 7.75. The van der Waals surface area contributed by atoms with E-state index in [2.05, 4.69) is 24.2 Å². The van der Waals surface area contributed by atoms with Crippen LogP contribution in [0.3, 0.4) is 0 Å². The molecule has 2 unspecified atom stereocenters. The number of anilines is 1. The minimum absolute atomic E-state index is 0.00561. The van der Waals surface area contributed by atoms with Crippen molar-refractivity contribution < 1.29 is 5.11 Å². The number of nitrogens with zero attached hydrogens (tertiary/aromatic N) is 2. The molecule has 1 fully saturated rings. The third-order valence-electron chi connectivity index (χ3n) is 4.34. The summed E-state index contributed by atoms with van der Waals surface area (Å²) in [6, 6.07) is 10.2. The quantitative estimate of drug-likeness (QED) is 0.832. The lowest BCUT2D eigenvalue weighted by Gasteiger charge is -2.21. The molecule has 1 aromatic carbocycles. The molecule has 2 atom stereocenters. The van der Waals surface area contributed by atoms with Crippen molar-refractivity contribution in [2.45, 2.75) is 51.2 Å². The average molecular weight is 285 g/mol. The molecule has 0 saturated heterocycles. The summed E-state index contributed by atoms with van der Waals surface area (Å²) in [6.45, 7) is 2.07.